The molecule has 3 rings (SSSR count). The summed E-state index contributed by atoms with van der Waals surface area (Å²) in [5, 5.41) is 9.67. The highest BCUT2D eigenvalue weighted by molar-refractivity contribution is 5.89. The number of pyridine rings is 1. The van der Waals surface area contributed by atoms with Crippen molar-refractivity contribution >= 4 is 11.7 Å². The van der Waals surface area contributed by atoms with Crippen LogP contribution in [0.25, 0.3) is 5.82 Å². The summed E-state index contributed by atoms with van der Waals surface area (Å²) < 4.78 is 1.66. The molecular formula is C12H13N5O. The van der Waals surface area contributed by atoms with E-state index in [0.717, 1.165) is 12.8 Å². The van der Waals surface area contributed by atoms with Gasteiger partial charge in [0.1, 0.15) is 0 Å². The molecule has 0 aromatic carbocycles. The molecule has 2 heterocycles. The summed E-state index contributed by atoms with van der Waals surface area (Å²) in [7, 11) is 0. The van der Waals surface area contributed by atoms with E-state index in [-0.39, 0.29) is 6.03 Å². The molecule has 6 nitrogen and oxygen atoms in total. The molecule has 92 valence electrons. The van der Waals surface area contributed by atoms with Crippen molar-refractivity contribution in [3.05, 3.63) is 36.8 Å². The molecule has 0 unspecified atom stereocenters. The highest BCUT2D eigenvalue weighted by atomic mass is 16.2. The van der Waals surface area contributed by atoms with Crippen molar-refractivity contribution in [2.75, 3.05) is 5.32 Å². The highest BCUT2D eigenvalue weighted by Crippen LogP contribution is 2.18. The van der Waals surface area contributed by atoms with Gasteiger partial charge < -0.3 is 10.6 Å². The van der Waals surface area contributed by atoms with Crippen molar-refractivity contribution in [3.8, 4) is 5.82 Å². The van der Waals surface area contributed by atoms with Gasteiger partial charge in [-0.3, -0.25) is 0 Å². The molecule has 1 fully saturated rings. The van der Waals surface area contributed by atoms with Crippen molar-refractivity contribution in [2.45, 2.75) is 18.9 Å². The normalized spacial score (nSPS) is 14.2. The summed E-state index contributed by atoms with van der Waals surface area (Å²) in [6, 6.07) is 5.61. The van der Waals surface area contributed by atoms with Gasteiger partial charge in [0.25, 0.3) is 0 Å². The van der Waals surface area contributed by atoms with Crippen LogP contribution >= 0.6 is 0 Å². The second kappa shape index (κ2) is 4.48. The Morgan fingerprint density at radius 2 is 2.28 bits per heavy atom. The van der Waals surface area contributed by atoms with Crippen molar-refractivity contribution < 1.29 is 4.79 Å². The van der Waals surface area contributed by atoms with Crippen LogP contribution in [-0.4, -0.2) is 26.8 Å². The SMILES string of the molecule is O=C(Nc1ccc(-n2cccn2)nc1)NC1CC1. The number of amides is 2. The first-order valence-corrected chi connectivity index (χ1v) is 5.85. The molecule has 2 aromatic heterocycles. The van der Waals surface area contributed by atoms with E-state index in [0.29, 0.717) is 17.5 Å². The summed E-state index contributed by atoms with van der Waals surface area (Å²) >= 11 is 0. The Kier molecular flexibility index (Phi) is 2.68. The number of hydrogen-bond acceptors (Lipinski definition) is 3. The molecule has 0 bridgehead atoms. The van der Waals surface area contributed by atoms with Gasteiger partial charge in [-0.05, 0) is 31.0 Å². The number of anilines is 1. The molecule has 0 radical (unpaired) electrons. The van der Waals surface area contributed by atoms with E-state index in [1.807, 2.05) is 12.3 Å². The van der Waals surface area contributed by atoms with Crippen LogP contribution in [0.3, 0.4) is 0 Å². The van der Waals surface area contributed by atoms with E-state index >= 15 is 0 Å². The van der Waals surface area contributed by atoms with Crippen molar-refractivity contribution in [2.24, 2.45) is 0 Å². The summed E-state index contributed by atoms with van der Waals surface area (Å²) in [4.78, 5) is 15.7. The summed E-state index contributed by atoms with van der Waals surface area (Å²) in [5.41, 5.74) is 0.670. The third-order valence-electron chi connectivity index (χ3n) is 2.66. The number of rotatable bonds is 3. The first-order valence-electron chi connectivity index (χ1n) is 5.85. The van der Waals surface area contributed by atoms with Gasteiger partial charge in [0.15, 0.2) is 5.82 Å². The van der Waals surface area contributed by atoms with Gasteiger partial charge in [0.2, 0.25) is 0 Å². The second-order valence-electron chi connectivity index (χ2n) is 4.23. The Labute approximate surface area is 104 Å². The van der Waals surface area contributed by atoms with Crippen LogP contribution in [0.15, 0.2) is 36.8 Å². The number of carbonyl (C=O) groups is 1. The molecule has 2 N–H and O–H groups in total. The topological polar surface area (TPSA) is 71.8 Å². The number of nitrogens with zero attached hydrogens (tertiary/aromatic N) is 3. The monoisotopic (exact) mass is 243 g/mol. The van der Waals surface area contributed by atoms with E-state index in [9.17, 15) is 4.79 Å². The van der Waals surface area contributed by atoms with E-state index < -0.39 is 0 Å². The number of urea groups is 1. The summed E-state index contributed by atoms with van der Waals surface area (Å²) in [6.07, 6.45) is 7.27. The summed E-state index contributed by atoms with van der Waals surface area (Å²) in [6.45, 7) is 0. The minimum Gasteiger partial charge on any atom is -0.335 e. The maximum Gasteiger partial charge on any atom is 0.319 e. The maximum absolute atomic E-state index is 11.5. The minimum absolute atomic E-state index is 0.175. The molecule has 0 spiro atoms. The lowest BCUT2D eigenvalue weighted by atomic mass is 10.4. The summed E-state index contributed by atoms with van der Waals surface area (Å²) in [5.74, 6) is 0.716. The third-order valence-corrected chi connectivity index (χ3v) is 2.66. The lowest BCUT2D eigenvalue weighted by Gasteiger charge is -2.06. The zero-order valence-electron chi connectivity index (χ0n) is 9.71. The lowest BCUT2D eigenvalue weighted by molar-refractivity contribution is 0.251. The van der Waals surface area contributed by atoms with E-state index in [2.05, 4.69) is 20.7 Å². The molecule has 2 amide bonds. The van der Waals surface area contributed by atoms with Gasteiger partial charge in [-0.2, -0.15) is 5.10 Å². The van der Waals surface area contributed by atoms with Crippen LogP contribution in [0.4, 0.5) is 10.5 Å². The standard InChI is InChI=1S/C12H13N5O/c18-12(15-9-2-3-9)16-10-4-5-11(13-8-10)17-7-1-6-14-17/h1,4-9H,2-3H2,(H2,15,16,18). The molecule has 1 saturated carbocycles. The van der Waals surface area contributed by atoms with Crippen LogP contribution in [0.2, 0.25) is 0 Å². The quantitative estimate of drug-likeness (QED) is 0.859. The molecule has 1 aliphatic carbocycles. The minimum atomic E-state index is -0.175. The van der Waals surface area contributed by atoms with E-state index in [4.69, 9.17) is 0 Å². The Morgan fingerprint density at radius 3 is 2.89 bits per heavy atom. The largest absolute Gasteiger partial charge is 0.335 e. The van der Waals surface area contributed by atoms with Crippen molar-refractivity contribution in [1.29, 1.82) is 0 Å². The molecule has 1 aliphatic rings. The van der Waals surface area contributed by atoms with Crippen LogP contribution in [-0.2, 0) is 0 Å². The highest BCUT2D eigenvalue weighted by Gasteiger charge is 2.23. The van der Waals surface area contributed by atoms with Gasteiger partial charge >= 0.3 is 6.03 Å². The zero-order chi connectivity index (χ0) is 12.4. The molecule has 0 aliphatic heterocycles. The average Bonchev–Trinajstić information content (AvgIpc) is 3.01. The Morgan fingerprint density at radius 1 is 1.39 bits per heavy atom. The zero-order valence-corrected chi connectivity index (χ0v) is 9.71. The fraction of sp³-hybridized carbons (Fsp3) is 0.250. The molecule has 6 heteroatoms. The molecule has 0 atom stereocenters. The van der Waals surface area contributed by atoms with Gasteiger partial charge in [-0.15, -0.1) is 0 Å². The van der Waals surface area contributed by atoms with Crippen LogP contribution in [0.5, 0.6) is 0 Å². The smallest absolute Gasteiger partial charge is 0.319 e. The molecular weight excluding hydrogens is 230 g/mol. The molecule has 2 aromatic rings. The van der Waals surface area contributed by atoms with E-state index in [1.165, 1.54) is 0 Å². The number of carbonyl (C=O) groups excluding carboxylic acids is 1. The Hall–Kier alpha value is -2.37. The van der Waals surface area contributed by atoms with Gasteiger partial charge in [-0.1, -0.05) is 0 Å². The molecule has 18 heavy (non-hydrogen) atoms. The second-order valence-corrected chi connectivity index (χ2v) is 4.23. The fourth-order valence-electron chi connectivity index (χ4n) is 1.58. The maximum atomic E-state index is 11.5. The van der Waals surface area contributed by atoms with Crippen LogP contribution < -0.4 is 10.6 Å². The van der Waals surface area contributed by atoms with Crippen molar-refractivity contribution in [3.63, 3.8) is 0 Å². The Bertz CT molecular complexity index is 530. The third kappa shape index (κ3) is 2.48. The van der Waals surface area contributed by atoms with Gasteiger partial charge in [0.05, 0.1) is 11.9 Å². The Balaban J connectivity index is 1.65. The average molecular weight is 243 g/mol. The number of hydrogen-bond donors (Lipinski definition) is 2. The van der Waals surface area contributed by atoms with Gasteiger partial charge in [0, 0.05) is 18.4 Å². The van der Waals surface area contributed by atoms with Crippen LogP contribution in [0, 0.1) is 0 Å². The molecule has 0 saturated heterocycles. The lowest BCUT2D eigenvalue weighted by Crippen LogP contribution is -2.30. The first kappa shape index (κ1) is 10.8. The van der Waals surface area contributed by atoms with Crippen LogP contribution in [0.1, 0.15) is 12.8 Å². The first-order chi connectivity index (χ1) is 8.81. The van der Waals surface area contributed by atoms with E-state index in [1.54, 1.807) is 29.2 Å². The van der Waals surface area contributed by atoms with Crippen molar-refractivity contribution in [1.82, 2.24) is 20.1 Å². The predicted molar refractivity (Wildman–Crippen MR) is 66.5 cm³/mol. The fourth-order valence-corrected chi connectivity index (χ4v) is 1.58. The van der Waals surface area contributed by atoms with Gasteiger partial charge in [-0.25, -0.2) is 14.5 Å². The number of nitrogens with one attached hydrogen (secondary N) is 2. The predicted octanol–water partition coefficient (Wildman–Crippen LogP) is 1.55. The number of aromatic nitrogens is 3.